The molecule has 15 heteroatoms. The highest BCUT2D eigenvalue weighted by atomic mass is 35.5. The van der Waals surface area contributed by atoms with E-state index in [-0.39, 0.29) is 25.8 Å². The molecule has 5 rings (SSSR count). The van der Waals surface area contributed by atoms with E-state index >= 15 is 0 Å². The second-order valence-corrected chi connectivity index (χ2v) is 10.9. The van der Waals surface area contributed by atoms with E-state index in [0.29, 0.717) is 43.6 Å². The first-order valence-electron chi connectivity index (χ1n) is 10.3. The van der Waals surface area contributed by atoms with Gasteiger partial charge in [0.1, 0.15) is 34.7 Å². The molecule has 1 aliphatic rings. The fourth-order valence-corrected chi connectivity index (χ4v) is 5.40. The van der Waals surface area contributed by atoms with E-state index in [9.17, 15) is 17.2 Å². The number of rotatable bonds is 8. The minimum absolute atomic E-state index is 0.0332. The summed E-state index contributed by atoms with van der Waals surface area (Å²) in [6, 6.07) is 6.64. The molecule has 0 aliphatic carbocycles. The summed E-state index contributed by atoms with van der Waals surface area (Å²) in [5.74, 6) is 0.653. The van der Waals surface area contributed by atoms with Crippen molar-refractivity contribution >= 4 is 54.2 Å². The van der Waals surface area contributed by atoms with E-state index in [4.69, 9.17) is 25.8 Å². The smallest absolute Gasteiger partial charge is 0.388 e. The molecule has 1 N–H and O–H groups in total. The first kappa shape index (κ1) is 24.8. The van der Waals surface area contributed by atoms with Crippen LogP contribution in [0, 0.1) is 0 Å². The van der Waals surface area contributed by atoms with Gasteiger partial charge in [-0.25, -0.2) is 28.1 Å². The highest BCUT2D eigenvalue weighted by molar-refractivity contribution is 7.88. The summed E-state index contributed by atoms with van der Waals surface area (Å²) >= 11 is 7.76. The van der Waals surface area contributed by atoms with Gasteiger partial charge in [-0.05, 0) is 12.1 Å². The van der Waals surface area contributed by atoms with Gasteiger partial charge in [-0.15, -0.1) is 11.3 Å². The number of ether oxygens (including phenoxy) is 4. The molecule has 0 radical (unpaired) electrons. The molecule has 3 heterocycles. The topological polar surface area (TPSA) is 122 Å². The minimum Gasteiger partial charge on any atom is -0.492 e. The van der Waals surface area contributed by atoms with Crippen molar-refractivity contribution in [3.63, 3.8) is 0 Å². The average Bonchev–Trinajstić information content (AvgIpc) is 3.24. The van der Waals surface area contributed by atoms with Crippen LogP contribution in [0.25, 0.3) is 21.3 Å². The largest absolute Gasteiger partial charge is 0.492 e. The number of hydrogen-bond acceptors (Lipinski definition) is 10. The summed E-state index contributed by atoms with van der Waals surface area (Å²) in [6.07, 6.45) is 1.55. The molecular weight excluding hydrogens is 542 g/mol. The van der Waals surface area contributed by atoms with Crippen molar-refractivity contribution in [3.8, 4) is 17.4 Å². The first-order chi connectivity index (χ1) is 17.2. The molecule has 0 saturated heterocycles. The Morgan fingerprint density at radius 3 is 2.86 bits per heavy atom. The molecule has 1 unspecified atom stereocenters. The Hall–Kier alpha value is -2.91. The lowest BCUT2D eigenvalue weighted by Crippen LogP contribution is -2.26. The number of alkyl halides is 2. The lowest BCUT2D eigenvalue weighted by molar-refractivity contribution is -0.0529. The van der Waals surface area contributed by atoms with Crippen LogP contribution < -0.4 is 18.9 Å². The minimum atomic E-state index is -3.31. The molecule has 1 atom stereocenters. The lowest BCUT2D eigenvalue weighted by atomic mass is 10.1. The SMILES string of the molecule is CS(=O)(=O)NCCOc1cc(Cl)c2nc(C3OCOc4cc5ncc(OC(F)F)nc5cc43)sc2c1. The van der Waals surface area contributed by atoms with Gasteiger partial charge >= 0.3 is 6.61 Å². The van der Waals surface area contributed by atoms with Gasteiger partial charge in [0.05, 0.1) is 33.2 Å². The van der Waals surface area contributed by atoms with Gasteiger partial charge in [-0.3, -0.25) is 0 Å². The van der Waals surface area contributed by atoms with Crippen molar-refractivity contribution in [3.05, 3.63) is 46.1 Å². The summed E-state index contributed by atoms with van der Waals surface area (Å²) in [4.78, 5) is 12.9. The van der Waals surface area contributed by atoms with E-state index in [0.717, 1.165) is 17.2 Å². The van der Waals surface area contributed by atoms with Crippen molar-refractivity contribution in [2.24, 2.45) is 0 Å². The Bertz CT molecular complexity index is 1550. The van der Waals surface area contributed by atoms with Crippen LogP contribution in [0.5, 0.6) is 17.4 Å². The Morgan fingerprint density at radius 2 is 2.08 bits per heavy atom. The average molecular weight is 559 g/mol. The maximum atomic E-state index is 12.6. The Kier molecular flexibility index (Phi) is 6.78. The summed E-state index contributed by atoms with van der Waals surface area (Å²) in [5.41, 5.74) is 1.90. The van der Waals surface area contributed by atoms with Crippen LogP contribution in [-0.2, 0) is 14.8 Å². The second kappa shape index (κ2) is 9.86. The van der Waals surface area contributed by atoms with Crippen LogP contribution in [-0.4, -0.2) is 56.2 Å². The molecular formula is C21H17ClF2N4O6S2. The molecule has 4 aromatic rings. The monoisotopic (exact) mass is 558 g/mol. The van der Waals surface area contributed by atoms with Gasteiger partial charge in [-0.1, -0.05) is 11.6 Å². The van der Waals surface area contributed by atoms with E-state index in [1.54, 1.807) is 24.3 Å². The van der Waals surface area contributed by atoms with Crippen LogP contribution >= 0.6 is 22.9 Å². The normalized spacial score (nSPS) is 15.8. The Labute approximate surface area is 212 Å². The van der Waals surface area contributed by atoms with Crippen LogP contribution in [0.3, 0.4) is 0 Å². The number of fused-ring (bicyclic) bond motifs is 3. The fourth-order valence-electron chi connectivity index (χ4n) is 3.55. The number of nitrogens with zero attached hydrogens (tertiary/aromatic N) is 3. The van der Waals surface area contributed by atoms with Gasteiger partial charge < -0.3 is 18.9 Å². The van der Waals surface area contributed by atoms with Crippen molar-refractivity contribution in [1.29, 1.82) is 0 Å². The number of nitrogens with one attached hydrogen (secondary N) is 1. The predicted molar refractivity (Wildman–Crippen MR) is 128 cm³/mol. The Morgan fingerprint density at radius 1 is 1.25 bits per heavy atom. The molecule has 1 aliphatic heterocycles. The lowest BCUT2D eigenvalue weighted by Gasteiger charge is -2.25. The summed E-state index contributed by atoms with van der Waals surface area (Å²) in [6.45, 7) is -2.83. The third-order valence-corrected chi connectivity index (χ3v) is 7.05. The fraction of sp³-hybridized carbons (Fsp3) is 0.286. The summed E-state index contributed by atoms with van der Waals surface area (Å²) in [5, 5.41) is 0.936. The molecule has 2 aromatic carbocycles. The molecule has 0 fully saturated rings. The van der Waals surface area contributed by atoms with E-state index in [1.165, 1.54) is 11.3 Å². The molecule has 0 bridgehead atoms. The molecule has 2 aromatic heterocycles. The van der Waals surface area contributed by atoms with Crippen molar-refractivity contribution in [2.75, 3.05) is 26.2 Å². The number of thiazole rings is 1. The molecule has 0 spiro atoms. The maximum Gasteiger partial charge on any atom is 0.388 e. The Balaban J connectivity index is 1.44. The second-order valence-electron chi connectivity index (χ2n) is 7.59. The molecule has 10 nitrogen and oxygen atoms in total. The van der Waals surface area contributed by atoms with Crippen molar-refractivity contribution in [1.82, 2.24) is 19.7 Å². The van der Waals surface area contributed by atoms with Crippen molar-refractivity contribution in [2.45, 2.75) is 12.7 Å². The number of sulfonamides is 1. The van der Waals surface area contributed by atoms with Crippen LogP contribution in [0.4, 0.5) is 8.78 Å². The van der Waals surface area contributed by atoms with Gasteiger partial charge in [0, 0.05) is 24.2 Å². The zero-order valence-corrected chi connectivity index (χ0v) is 20.8. The number of hydrogen-bond donors (Lipinski definition) is 1. The summed E-state index contributed by atoms with van der Waals surface area (Å²) in [7, 11) is -3.31. The van der Waals surface area contributed by atoms with Crippen LogP contribution in [0.15, 0.2) is 30.5 Å². The van der Waals surface area contributed by atoms with E-state index < -0.39 is 22.7 Å². The standard InChI is InChI=1S/C21H17ClF2N4O6S2/c1-36(29,30)26-2-3-31-10-4-12(22)18-16(5-10)35-20(28-18)19-11-6-14-13(7-15(11)32-9-33-19)25-8-17(27-14)34-21(23)24/h4-8,19,21,26H,2-3,9H2,1H3. The molecule has 0 saturated carbocycles. The molecule has 0 amide bonds. The van der Waals surface area contributed by atoms with E-state index in [2.05, 4.69) is 24.4 Å². The van der Waals surface area contributed by atoms with Crippen molar-refractivity contribution < 1.29 is 36.1 Å². The quantitative estimate of drug-likeness (QED) is 0.321. The highest BCUT2D eigenvalue weighted by Crippen LogP contribution is 2.42. The van der Waals surface area contributed by atoms with Gasteiger partial charge in [0.15, 0.2) is 6.79 Å². The van der Waals surface area contributed by atoms with Gasteiger partial charge in [0.25, 0.3) is 0 Å². The summed E-state index contributed by atoms with van der Waals surface area (Å²) < 4.78 is 72.1. The third-order valence-electron chi connectivity index (χ3n) is 4.99. The molecule has 190 valence electrons. The first-order valence-corrected chi connectivity index (χ1v) is 13.4. The number of benzene rings is 2. The molecule has 36 heavy (non-hydrogen) atoms. The van der Waals surface area contributed by atoms with Crippen LogP contribution in [0.2, 0.25) is 5.02 Å². The maximum absolute atomic E-state index is 12.6. The number of halogens is 3. The zero-order chi connectivity index (χ0) is 25.4. The highest BCUT2D eigenvalue weighted by Gasteiger charge is 2.28. The zero-order valence-electron chi connectivity index (χ0n) is 18.4. The van der Waals surface area contributed by atoms with Crippen LogP contribution in [0.1, 0.15) is 16.7 Å². The van der Waals surface area contributed by atoms with E-state index in [1.807, 2.05) is 0 Å². The predicted octanol–water partition coefficient (Wildman–Crippen LogP) is 3.88. The van der Waals surface area contributed by atoms with Gasteiger partial charge in [-0.2, -0.15) is 8.78 Å². The number of aromatic nitrogens is 3. The third kappa shape index (κ3) is 5.42. The van der Waals surface area contributed by atoms with Gasteiger partial charge in [0.2, 0.25) is 15.9 Å².